The Morgan fingerprint density at radius 2 is 1.88 bits per heavy atom. The van der Waals surface area contributed by atoms with E-state index in [1.807, 2.05) is 6.92 Å². The van der Waals surface area contributed by atoms with Crippen LogP contribution in [0.3, 0.4) is 0 Å². The molecule has 1 aromatic heterocycles. The molecule has 1 aromatic carbocycles. The van der Waals surface area contributed by atoms with E-state index in [0.29, 0.717) is 17.8 Å². The van der Waals surface area contributed by atoms with E-state index < -0.39 is 22.5 Å². The highest BCUT2D eigenvalue weighted by atomic mass is 32.2. The third-order valence-corrected chi connectivity index (χ3v) is 5.32. The molecule has 0 spiro atoms. The van der Waals surface area contributed by atoms with Crippen LogP contribution < -0.4 is 0 Å². The summed E-state index contributed by atoms with van der Waals surface area (Å²) in [4.78, 5) is 27.1. The van der Waals surface area contributed by atoms with Gasteiger partial charge in [0.15, 0.2) is 18.2 Å². The van der Waals surface area contributed by atoms with Crippen molar-refractivity contribution in [1.29, 1.82) is 0 Å². The number of carbonyl (C=O) groups is 2. The van der Waals surface area contributed by atoms with Crippen LogP contribution in [0.25, 0.3) is 0 Å². The molecule has 0 radical (unpaired) electrons. The number of Topliss-reactive ketones (excluding diaryl/α,β-unsaturated/α-hetero) is 1. The number of ether oxygens (including phenoxy) is 1. The summed E-state index contributed by atoms with van der Waals surface area (Å²) >= 11 is 0. The highest BCUT2D eigenvalue weighted by Gasteiger charge is 2.24. The molecule has 0 saturated heterocycles. The summed E-state index contributed by atoms with van der Waals surface area (Å²) in [6, 6.07) is 5.47. The lowest BCUT2D eigenvalue weighted by Crippen LogP contribution is -2.33. The third kappa shape index (κ3) is 4.73. The summed E-state index contributed by atoms with van der Waals surface area (Å²) in [6.07, 6.45) is 0.584. The second-order valence-electron chi connectivity index (χ2n) is 5.46. The predicted octanol–water partition coefficient (Wildman–Crippen LogP) is 1.20. The van der Waals surface area contributed by atoms with Crippen molar-refractivity contribution in [2.75, 3.05) is 13.6 Å². The average molecular weight is 381 g/mol. The standard InChI is InChI=1S/C16H19N3O6S/c1-4-14-17-15(25-18-14)10-24-16(21)9-19(3)26(22,23)13-7-5-12(6-8-13)11(2)20/h5-8H,4,9-10H2,1-3H3. The minimum atomic E-state index is -3.89. The van der Waals surface area contributed by atoms with E-state index in [-0.39, 0.29) is 23.2 Å². The van der Waals surface area contributed by atoms with Crippen LogP contribution >= 0.6 is 0 Å². The van der Waals surface area contributed by atoms with Crippen LogP contribution in [-0.2, 0) is 32.6 Å². The number of nitrogens with zero attached hydrogens (tertiary/aromatic N) is 3. The van der Waals surface area contributed by atoms with Crippen LogP contribution in [0.2, 0.25) is 0 Å². The summed E-state index contributed by atoms with van der Waals surface area (Å²) in [5.41, 5.74) is 0.400. The Labute approximate surface area is 151 Å². The van der Waals surface area contributed by atoms with Crippen LogP contribution in [0.1, 0.15) is 35.9 Å². The molecule has 2 rings (SSSR count). The fourth-order valence-electron chi connectivity index (χ4n) is 1.99. The average Bonchev–Trinajstić information content (AvgIpc) is 3.08. The maximum Gasteiger partial charge on any atom is 0.321 e. The van der Waals surface area contributed by atoms with Gasteiger partial charge in [0.2, 0.25) is 10.0 Å². The summed E-state index contributed by atoms with van der Waals surface area (Å²) in [5, 5.41) is 3.66. The number of aromatic nitrogens is 2. The van der Waals surface area contributed by atoms with Gasteiger partial charge in [-0.05, 0) is 19.1 Å². The fourth-order valence-corrected chi connectivity index (χ4v) is 3.10. The minimum Gasteiger partial charge on any atom is -0.455 e. The van der Waals surface area contributed by atoms with Gasteiger partial charge in [0, 0.05) is 19.0 Å². The summed E-state index contributed by atoms with van der Waals surface area (Å²) in [5.74, 6) is -0.295. The van der Waals surface area contributed by atoms with Crippen LogP contribution in [0.5, 0.6) is 0 Å². The Balaban J connectivity index is 1.96. The molecule has 0 aliphatic heterocycles. The Hall–Kier alpha value is -2.59. The number of rotatable bonds is 8. The molecular weight excluding hydrogens is 362 g/mol. The van der Waals surface area contributed by atoms with E-state index in [2.05, 4.69) is 10.1 Å². The molecule has 9 nitrogen and oxygen atoms in total. The minimum absolute atomic E-state index is 0.0257. The highest BCUT2D eigenvalue weighted by Crippen LogP contribution is 2.15. The number of sulfonamides is 1. The quantitative estimate of drug-likeness (QED) is 0.494. The van der Waals surface area contributed by atoms with Gasteiger partial charge in [-0.3, -0.25) is 9.59 Å². The monoisotopic (exact) mass is 381 g/mol. The molecule has 0 amide bonds. The van der Waals surface area contributed by atoms with Crippen molar-refractivity contribution in [1.82, 2.24) is 14.4 Å². The number of aryl methyl sites for hydroxylation is 1. The van der Waals surface area contributed by atoms with Gasteiger partial charge in [-0.25, -0.2) is 8.42 Å². The zero-order chi connectivity index (χ0) is 19.3. The number of esters is 1. The zero-order valence-corrected chi connectivity index (χ0v) is 15.4. The Morgan fingerprint density at radius 3 is 2.42 bits per heavy atom. The fraction of sp³-hybridized carbons (Fsp3) is 0.375. The number of ketones is 1. The van der Waals surface area contributed by atoms with Gasteiger partial charge in [0.05, 0.1) is 4.90 Å². The van der Waals surface area contributed by atoms with Gasteiger partial charge in [0.25, 0.3) is 5.89 Å². The van der Waals surface area contributed by atoms with Crippen molar-refractivity contribution in [3.05, 3.63) is 41.5 Å². The first kappa shape index (κ1) is 19.7. The molecule has 0 unspecified atom stereocenters. The smallest absolute Gasteiger partial charge is 0.321 e. The molecule has 0 aliphatic rings. The maximum atomic E-state index is 12.5. The Morgan fingerprint density at radius 1 is 1.23 bits per heavy atom. The van der Waals surface area contributed by atoms with Gasteiger partial charge in [-0.15, -0.1) is 0 Å². The first-order valence-electron chi connectivity index (χ1n) is 7.78. The number of likely N-dealkylation sites (N-methyl/N-ethyl adjacent to an activating group) is 1. The topological polar surface area (TPSA) is 120 Å². The van der Waals surface area contributed by atoms with Crippen molar-refractivity contribution < 1.29 is 27.3 Å². The molecule has 0 bridgehead atoms. The van der Waals surface area contributed by atoms with Gasteiger partial charge in [-0.1, -0.05) is 24.2 Å². The van der Waals surface area contributed by atoms with E-state index in [4.69, 9.17) is 9.26 Å². The van der Waals surface area contributed by atoms with E-state index in [1.54, 1.807) is 0 Å². The summed E-state index contributed by atoms with van der Waals surface area (Å²) in [7, 11) is -2.63. The van der Waals surface area contributed by atoms with E-state index in [0.717, 1.165) is 4.31 Å². The maximum absolute atomic E-state index is 12.5. The second-order valence-corrected chi connectivity index (χ2v) is 7.51. The lowest BCUT2D eigenvalue weighted by Gasteiger charge is -2.16. The number of hydrogen-bond donors (Lipinski definition) is 0. The van der Waals surface area contributed by atoms with Crippen molar-refractivity contribution in [3.8, 4) is 0 Å². The van der Waals surface area contributed by atoms with E-state index >= 15 is 0 Å². The largest absolute Gasteiger partial charge is 0.455 e. The molecule has 10 heteroatoms. The van der Waals surface area contributed by atoms with E-state index in [1.165, 1.54) is 38.2 Å². The predicted molar refractivity (Wildman–Crippen MR) is 89.7 cm³/mol. The summed E-state index contributed by atoms with van der Waals surface area (Å²) < 4.78 is 35.6. The first-order valence-corrected chi connectivity index (χ1v) is 9.22. The zero-order valence-electron chi connectivity index (χ0n) is 14.6. The lowest BCUT2D eigenvalue weighted by molar-refractivity contribution is -0.145. The molecule has 1 heterocycles. The number of benzene rings is 1. The number of hydrogen-bond acceptors (Lipinski definition) is 8. The van der Waals surface area contributed by atoms with Crippen LogP contribution in [0, 0.1) is 0 Å². The van der Waals surface area contributed by atoms with Gasteiger partial charge >= 0.3 is 5.97 Å². The van der Waals surface area contributed by atoms with Crippen LogP contribution in [-0.4, -0.2) is 48.2 Å². The van der Waals surface area contributed by atoms with Gasteiger partial charge in [0.1, 0.15) is 6.54 Å². The number of carbonyl (C=O) groups excluding carboxylic acids is 2. The molecule has 0 aliphatic carbocycles. The van der Waals surface area contributed by atoms with Crippen LogP contribution in [0.15, 0.2) is 33.7 Å². The Bertz CT molecular complexity index is 889. The van der Waals surface area contributed by atoms with Crippen molar-refractivity contribution in [2.24, 2.45) is 0 Å². The van der Waals surface area contributed by atoms with Crippen molar-refractivity contribution in [3.63, 3.8) is 0 Å². The third-order valence-electron chi connectivity index (χ3n) is 3.50. The SMILES string of the molecule is CCc1noc(COC(=O)CN(C)S(=O)(=O)c2ccc(C(C)=O)cc2)n1. The van der Waals surface area contributed by atoms with Crippen molar-refractivity contribution in [2.45, 2.75) is 31.8 Å². The first-order chi connectivity index (χ1) is 12.2. The molecule has 26 heavy (non-hydrogen) atoms. The molecule has 140 valence electrons. The second kappa shape index (κ2) is 8.19. The normalized spacial score (nSPS) is 11.5. The molecule has 0 fully saturated rings. The molecule has 0 N–H and O–H groups in total. The summed E-state index contributed by atoms with van der Waals surface area (Å²) in [6.45, 7) is 2.53. The Kier molecular flexibility index (Phi) is 6.22. The van der Waals surface area contributed by atoms with Gasteiger partial charge in [-0.2, -0.15) is 9.29 Å². The molecular formula is C16H19N3O6S. The van der Waals surface area contributed by atoms with Gasteiger partial charge < -0.3 is 9.26 Å². The van der Waals surface area contributed by atoms with Crippen LogP contribution in [0.4, 0.5) is 0 Å². The molecule has 2 aromatic rings. The highest BCUT2D eigenvalue weighted by molar-refractivity contribution is 7.89. The van der Waals surface area contributed by atoms with E-state index in [9.17, 15) is 18.0 Å². The molecule has 0 atom stereocenters. The lowest BCUT2D eigenvalue weighted by atomic mass is 10.2. The molecule has 0 saturated carbocycles. The van der Waals surface area contributed by atoms with Crippen molar-refractivity contribution >= 4 is 21.8 Å².